The largest absolute Gasteiger partial charge is 0.478 e. The smallest absolute Gasteiger partial charge is 0.460 e. The van der Waals surface area contributed by atoms with Crippen molar-refractivity contribution >= 4 is 5.97 Å². The van der Waals surface area contributed by atoms with Gasteiger partial charge in [-0.2, -0.15) is 79.0 Å². The molecule has 0 aromatic carbocycles. The second-order valence-electron chi connectivity index (χ2n) is 4.98. The highest BCUT2D eigenvalue weighted by atomic mass is 19.4. The summed E-state index contributed by atoms with van der Waals surface area (Å²) < 4.78 is 221. The van der Waals surface area contributed by atoms with E-state index in [1.807, 2.05) is 0 Å². The van der Waals surface area contributed by atoms with Crippen LogP contribution in [0.2, 0.25) is 0 Å². The first-order valence-corrected chi connectivity index (χ1v) is 6.28. The van der Waals surface area contributed by atoms with Crippen LogP contribution in [0.25, 0.3) is 0 Å². The second kappa shape index (κ2) is 8.14. The van der Waals surface area contributed by atoms with Gasteiger partial charge in [0.2, 0.25) is 0 Å². The van der Waals surface area contributed by atoms with Crippen molar-refractivity contribution in [2.24, 2.45) is 0 Å². The summed E-state index contributed by atoms with van der Waals surface area (Å²) in [5.74, 6) is -52.0. The minimum Gasteiger partial charge on any atom is -0.478 e. The molecule has 0 saturated carbocycles. The minimum atomic E-state index is -8.72. The van der Waals surface area contributed by atoms with Crippen LogP contribution in [0.1, 0.15) is 0 Å². The van der Waals surface area contributed by atoms with Crippen molar-refractivity contribution in [3.8, 4) is 0 Å². The molecule has 2 nitrogen and oxygen atoms in total. The molecule has 0 unspecified atom stereocenters. The summed E-state index contributed by atoms with van der Waals surface area (Å²) in [6.07, 6.45) is -14.8. The molecule has 0 aromatic rings. The summed E-state index contributed by atoms with van der Waals surface area (Å²) in [5, 5.41) is 7.60. The van der Waals surface area contributed by atoms with Gasteiger partial charge in [0.15, 0.2) is 0 Å². The van der Waals surface area contributed by atoms with Crippen molar-refractivity contribution in [1.29, 1.82) is 0 Å². The van der Waals surface area contributed by atoms with Crippen molar-refractivity contribution in [2.45, 2.75) is 47.9 Å². The van der Waals surface area contributed by atoms with Gasteiger partial charge in [0.25, 0.3) is 0 Å². The van der Waals surface area contributed by atoms with Gasteiger partial charge in [0, 0.05) is 6.08 Å². The molecule has 0 amide bonds. The first kappa shape index (κ1) is 31.1. The second-order valence-corrected chi connectivity index (χ2v) is 4.98. The van der Waals surface area contributed by atoms with Gasteiger partial charge < -0.3 is 5.11 Å². The van der Waals surface area contributed by atoms with Gasteiger partial charge in [-0.25, -0.2) is 4.79 Å². The molecule has 31 heavy (non-hydrogen) atoms. The van der Waals surface area contributed by atoms with Gasteiger partial charge >= 0.3 is 53.9 Å². The van der Waals surface area contributed by atoms with Crippen molar-refractivity contribution in [1.82, 2.24) is 0 Å². The van der Waals surface area contributed by atoms with Crippen LogP contribution in [-0.4, -0.2) is 59.0 Å². The molecular weight excluding hydrogens is 506 g/mol. The van der Waals surface area contributed by atoms with Crippen LogP contribution in [0.15, 0.2) is 12.7 Å². The highest BCUT2D eigenvalue weighted by molar-refractivity contribution is 5.78. The van der Waals surface area contributed by atoms with Crippen molar-refractivity contribution in [3.05, 3.63) is 12.7 Å². The van der Waals surface area contributed by atoms with E-state index in [1.54, 1.807) is 0 Å². The zero-order valence-electron chi connectivity index (χ0n) is 13.4. The van der Waals surface area contributed by atoms with Gasteiger partial charge in [-0.05, 0) is 0 Å². The monoisotopic (exact) mass is 510 g/mol. The van der Waals surface area contributed by atoms with Crippen LogP contribution in [0.3, 0.4) is 0 Å². The average molecular weight is 510 g/mol. The standard InChI is InChI=1S/C8F18.C3H4O2/c9-1(10,3(13,14)5(17,18)7(21,22)23)2(11,12)4(15,16)6(19,20)8(24,25)26;1-2-3(4)5/h;2H,1H2,(H,4,5). The van der Waals surface area contributed by atoms with E-state index in [0.29, 0.717) is 0 Å². The SMILES string of the molecule is C=CC(=O)O.FC(F)(F)C(F)(F)C(F)(F)C(F)(F)C(F)(F)C(F)(F)C(F)(F)C(F)(F)F. The third kappa shape index (κ3) is 4.75. The molecule has 0 rings (SSSR count). The first-order chi connectivity index (χ1) is 13.0. The fourth-order valence-electron chi connectivity index (χ4n) is 1.14. The normalized spacial score (nSPS) is 15.2. The molecule has 0 spiro atoms. The summed E-state index contributed by atoms with van der Waals surface area (Å²) in [6.45, 7) is 2.96. The van der Waals surface area contributed by atoms with Crippen LogP contribution in [-0.2, 0) is 4.79 Å². The summed E-state index contributed by atoms with van der Waals surface area (Å²) in [4.78, 5) is 9.25. The topological polar surface area (TPSA) is 37.3 Å². The predicted octanol–water partition coefficient (Wildman–Crippen LogP) is 6.18. The maximum Gasteiger partial charge on any atom is 0.460 e. The number of hydrogen-bond donors (Lipinski definition) is 1. The summed E-state index contributed by atoms with van der Waals surface area (Å²) in [5.41, 5.74) is 0. The van der Waals surface area contributed by atoms with Gasteiger partial charge in [-0.3, -0.25) is 0 Å². The summed E-state index contributed by atoms with van der Waals surface area (Å²) in [6, 6.07) is 0. The quantitative estimate of drug-likeness (QED) is 0.343. The highest BCUT2D eigenvalue weighted by Gasteiger charge is 2.95. The molecule has 0 heterocycles. The van der Waals surface area contributed by atoms with E-state index in [1.165, 1.54) is 0 Å². The van der Waals surface area contributed by atoms with Crippen molar-refractivity contribution < 1.29 is 88.9 Å². The molecule has 0 atom stereocenters. The van der Waals surface area contributed by atoms with E-state index < -0.39 is 53.9 Å². The number of hydrogen-bond acceptors (Lipinski definition) is 1. The third-order valence-electron chi connectivity index (χ3n) is 2.86. The number of carboxylic acid groups (broad SMARTS) is 1. The average Bonchev–Trinajstić information content (AvgIpc) is 2.52. The van der Waals surface area contributed by atoms with E-state index in [2.05, 4.69) is 6.58 Å². The number of carbonyl (C=O) groups is 1. The van der Waals surface area contributed by atoms with Gasteiger partial charge in [0.05, 0.1) is 0 Å². The number of aliphatic carboxylic acids is 1. The number of carboxylic acids is 1. The lowest BCUT2D eigenvalue weighted by Crippen LogP contribution is -2.74. The number of alkyl halides is 18. The molecule has 0 aliphatic heterocycles. The molecule has 1 N–H and O–H groups in total. The molecule has 0 aliphatic carbocycles. The van der Waals surface area contributed by atoms with E-state index in [0.717, 1.165) is 6.08 Å². The lowest BCUT2D eigenvalue weighted by Gasteiger charge is -2.41. The fourth-order valence-corrected chi connectivity index (χ4v) is 1.14. The predicted molar refractivity (Wildman–Crippen MR) is 59.6 cm³/mol. The number of rotatable bonds is 6. The Balaban J connectivity index is 0. The fraction of sp³-hybridized carbons (Fsp3) is 0.727. The van der Waals surface area contributed by atoms with Crippen LogP contribution in [0, 0.1) is 0 Å². The van der Waals surface area contributed by atoms with E-state index >= 15 is 0 Å². The Morgan fingerprint density at radius 3 is 0.710 bits per heavy atom. The Morgan fingerprint density at radius 2 is 0.613 bits per heavy atom. The van der Waals surface area contributed by atoms with Gasteiger partial charge in [-0.15, -0.1) is 0 Å². The molecule has 186 valence electrons. The lowest BCUT2D eigenvalue weighted by molar-refractivity contribution is -0.468. The van der Waals surface area contributed by atoms with Crippen LogP contribution in [0.5, 0.6) is 0 Å². The van der Waals surface area contributed by atoms with Crippen molar-refractivity contribution in [2.75, 3.05) is 0 Å². The van der Waals surface area contributed by atoms with Crippen molar-refractivity contribution in [3.63, 3.8) is 0 Å². The molecule has 0 aliphatic rings. The van der Waals surface area contributed by atoms with Gasteiger partial charge in [-0.1, -0.05) is 6.58 Å². The molecule has 0 bridgehead atoms. The maximum atomic E-state index is 12.8. The molecule has 0 saturated heterocycles. The zero-order valence-corrected chi connectivity index (χ0v) is 13.4. The molecule has 0 radical (unpaired) electrons. The first-order valence-electron chi connectivity index (χ1n) is 6.28. The zero-order chi connectivity index (χ0) is 26.3. The van der Waals surface area contributed by atoms with Crippen LogP contribution in [0.4, 0.5) is 79.0 Å². The minimum absolute atomic E-state index is 0.833. The third-order valence-corrected chi connectivity index (χ3v) is 2.86. The summed E-state index contributed by atoms with van der Waals surface area (Å²) >= 11 is 0. The van der Waals surface area contributed by atoms with E-state index in [-0.39, 0.29) is 0 Å². The Kier molecular flexibility index (Phi) is 8.17. The molecule has 0 fully saturated rings. The Hall–Kier alpha value is -2.05. The Bertz CT molecular complexity index is 606. The molecule has 20 heteroatoms. The Morgan fingerprint density at radius 1 is 0.484 bits per heavy atom. The van der Waals surface area contributed by atoms with Gasteiger partial charge in [0.1, 0.15) is 0 Å². The van der Waals surface area contributed by atoms with Crippen LogP contribution < -0.4 is 0 Å². The van der Waals surface area contributed by atoms with E-state index in [4.69, 9.17) is 5.11 Å². The lowest BCUT2D eigenvalue weighted by atomic mass is 9.91. The number of halogens is 18. The summed E-state index contributed by atoms with van der Waals surface area (Å²) in [7, 11) is 0. The Labute approximate surface area is 157 Å². The maximum absolute atomic E-state index is 12.8. The van der Waals surface area contributed by atoms with E-state index in [9.17, 15) is 83.8 Å². The molecular formula is C11H4F18O2. The van der Waals surface area contributed by atoms with Crippen LogP contribution >= 0.6 is 0 Å². The molecule has 0 aromatic heterocycles. The highest BCUT2D eigenvalue weighted by Crippen LogP contribution is 2.63.